The van der Waals surface area contributed by atoms with Crippen molar-refractivity contribution in [3.8, 4) is 0 Å². The van der Waals surface area contributed by atoms with Crippen molar-refractivity contribution in [2.24, 2.45) is 5.92 Å². The van der Waals surface area contributed by atoms with Gasteiger partial charge < -0.3 is 0 Å². The number of rotatable bonds is 4. The molecule has 0 heterocycles. The third kappa shape index (κ3) is 4.58. The van der Waals surface area contributed by atoms with Crippen LogP contribution in [0.25, 0.3) is 0 Å². The Balaban J connectivity index is 1.42. The van der Waals surface area contributed by atoms with Crippen LogP contribution in [0.3, 0.4) is 0 Å². The van der Waals surface area contributed by atoms with Gasteiger partial charge in [-0.25, -0.2) is 4.39 Å². The molecule has 2 saturated carbocycles. The van der Waals surface area contributed by atoms with Crippen molar-refractivity contribution in [1.82, 2.24) is 0 Å². The molecule has 0 N–H and O–H groups in total. The molecule has 0 spiro atoms. The fourth-order valence-electron chi connectivity index (χ4n) is 4.34. The van der Waals surface area contributed by atoms with E-state index in [1.165, 1.54) is 69.8 Å². The highest BCUT2D eigenvalue weighted by Crippen LogP contribution is 2.41. The number of halogens is 1. The predicted molar refractivity (Wildman–Crippen MR) is 95.7 cm³/mol. The predicted octanol–water partition coefficient (Wildman–Crippen LogP) is 6.93. The second kappa shape index (κ2) is 7.81. The van der Waals surface area contributed by atoms with Crippen molar-refractivity contribution in [3.05, 3.63) is 47.0 Å². The van der Waals surface area contributed by atoms with Gasteiger partial charge in [-0.1, -0.05) is 19.1 Å². The molecule has 1 heteroatoms. The van der Waals surface area contributed by atoms with Gasteiger partial charge in [0.15, 0.2) is 0 Å². The van der Waals surface area contributed by atoms with E-state index in [1.54, 1.807) is 17.9 Å². The Morgan fingerprint density at radius 2 is 1.65 bits per heavy atom. The standard InChI is InChI=1S/C22H31F/c1-16-3-6-18(7-4-16)8-9-19-10-13-20(14-11-19)21-12-5-17(2)22(23)15-21/h5,12,15,18,20H,3-4,6-11,13-14H2,1-2H3. The lowest BCUT2D eigenvalue weighted by molar-refractivity contribution is 0.339. The lowest BCUT2D eigenvalue weighted by Crippen LogP contribution is -2.15. The van der Waals surface area contributed by atoms with E-state index in [2.05, 4.69) is 13.0 Å². The van der Waals surface area contributed by atoms with Gasteiger partial charge in [0.2, 0.25) is 0 Å². The Labute approximate surface area is 141 Å². The largest absolute Gasteiger partial charge is 0.207 e. The van der Waals surface area contributed by atoms with Crippen molar-refractivity contribution in [3.63, 3.8) is 0 Å². The Kier molecular flexibility index (Phi) is 5.77. The van der Waals surface area contributed by atoms with E-state index in [0.717, 1.165) is 11.5 Å². The monoisotopic (exact) mass is 314 g/mol. The minimum Gasteiger partial charge on any atom is -0.207 e. The summed E-state index contributed by atoms with van der Waals surface area (Å²) in [6.07, 6.45) is 13.3. The summed E-state index contributed by atoms with van der Waals surface area (Å²) in [6, 6.07) is 5.84. The maximum atomic E-state index is 13.8. The molecule has 0 nitrogen and oxygen atoms in total. The summed E-state index contributed by atoms with van der Waals surface area (Å²) in [7, 11) is 0. The van der Waals surface area contributed by atoms with Crippen molar-refractivity contribution in [1.29, 1.82) is 0 Å². The normalized spacial score (nSPS) is 22.6. The molecular formula is C22H31F. The molecule has 0 amide bonds. The van der Waals surface area contributed by atoms with Crippen LogP contribution in [0.1, 0.15) is 88.2 Å². The number of aryl methyl sites for hydroxylation is 1. The average molecular weight is 314 g/mol. The summed E-state index contributed by atoms with van der Waals surface area (Å²) >= 11 is 0. The maximum absolute atomic E-state index is 13.8. The van der Waals surface area contributed by atoms with Gasteiger partial charge in [-0.05, 0) is 112 Å². The number of benzene rings is 1. The van der Waals surface area contributed by atoms with Gasteiger partial charge in [-0.2, -0.15) is 0 Å². The Morgan fingerprint density at radius 1 is 0.957 bits per heavy atom. The third-order valence-electron chi connectivity index (χ3n) is 6.22. The molecular weight excluding hydrogens is 283 g/mol. The molecule has 1 aromatic rings. The molecule has 23 heavy (non-hydrogen) atoms. The van der Waals surface area contributed by atoms with Crippen LogP contribution in [0.2, 0.25) is 0 Å². The molecule has 126 valence electrons. The van der Waals surface area contributed by atoms with Gasteiger partial charge in [-0.3, -0.25) is 0 Å². The Morgan fingerprint density at radius 3 is 2.30 bits per heavy atom. The molecule has 2 fully saturated rings. The van der Waals surface area contributed by atoms with E-state index in [9.17, 15) is 4.39 Å². The van der Waals surface area contributed by atoms with Gasteiger partial charge in [-0.15, -0.1) is 0 Å². The van der Waals surface area contributed by atoms with Crippen LogP contribution in [-0.4, -0.2) is 0 Å². The van der Waals surface area contributed by atoms with Crippen molar-refractivity contribution in [2.45, 2.75) is 84.0 Å². The van der Waals surface area contributed by atoms with E-state index >= 15 is 0 Å². The van der Waals surface area contributed by atoms with Gasteiger partial charge in [0, 0.05) is 0 Å². The first kappa shape index (κ1) is 17.0. The first-order chi connectivity index (χ1) is 11.1. The molecule has 0 unspecified atom stereocenters. The van der Waals surface area contributed by atoms with Crippen molar-refractivity contribution >= 4 is 0 Å². The van der Waals surface area contributed by atoms with E-state index in [0.29, 0.717) is 5.92 Å². The first-order valence-corrected chi connectivity index (χ1v) is 9.52. The van der Waals surface area contributed by atoms with Gasteiger partial charge in [0.1, 0.15) is 5.82 Å². The van der Waals surface area contributed by atoms with Crippen molar-refractivity contribution in [2.75, 3.05) is 0 Å². The topological polar surface area (TPSA) is 0 Å². The van der Waals surface area contributed by atoms with Gasteiger partial charge >= 0.3 is 0 Å². The SMILES string of the molecule is C[C]1CCC(CC[C]2CCC(c3ccc(C)c(F)c3)CC2)CC1. The van der Waals surface area contributed by atoms with Gasteiger partial charge in [0.25, 0.3) is 0 Å². The summed E-state index contributed by atoms with van der Waals surface area (Å²) in [4.78, 5) is 0. The first-order valence-electron chi connectivity index (χ1n) is 9.52. The smallest absolute Gasteiger partial charge is 0.126 e. The summed E-state index contributed by atoms with van der Waals surface area (Å²) in [5, 5.41) is 0. The van der Waals surface area contributed by atoms with Crippen LogP contribution in [0.5, 0.6) is 0 Å². The lowest BCUT2D eigenvalue weighted by atomic mass is 9.74. The Hall–Kier alpha value is -0.850. The number of hydrogen-bond donors (Lipinski definition) is 0. The van der Waals surface area contributed by atoms with Crippen LogP contribution in [0, 0.1) is 30.5 Å². The van der Waals surface area contributed by atoms with E-state index in [4.69, 9.17) is 0 Å². The highest BCUT2D eigenvalue weighted by atomic mass is 19.1. The van der Waals surface area contributed by atoms with Crippen LogP contribution < -0.4 is 0 Å². The van der Waals surface area contributed by atoms with E-state index in [-0.39, 0.29) is 5.82 Å². The molecule has 2 aliphatic carbocycles. The molecule has 0 atom stereocenters. The fraction of sp³-hybridized carbons (Fsp3) is 0.636. The molecule has 2 aliphatic rings. The van der Waals surface area contributed by atoms with Crippen LogP contribution in [0.15, 0.2) is 18.2 Å². The second-order valence-electron chi connectivity index (χ2n) is 7.97. The maximum Gasteiger partial charge on any atom is 0.126 e. The number of hydrogen-bond acceptors (Lipinski definition) is 0. The van der Waals surface area contributed by atoms with Crippen LogP contribution in [0.4, 0.5) is 4.39 Å². The summed E-state index contributed by atoms with van der Waals surface area (Å²) in [5.41, 5.74) is 1.97. The quantitative estimate of drug-likeness (QED) is 0.565. The fourth-order valence-corrected chi connectivity index (χ4v) is 4.34. The second-order valence-corrected chi connectivity index (χ2v) is 7.97. The molecule has 0 aromatic heterocycles. The molecule has 3 rings (SSSR count). The minimum absolute atomic E-state index is 0.0401. The molecule has 0 saturated heterocycles. The van der Waals surface area contributed by atoms with E-state index < -0.39 is 0 Å². The zero-order chi connectivity index (χ0) is 16.2. The van der Waals surface area contributed by atoms with Gasteiger partial charge in [0.05, 0.1) is 0 Å². The molecule has 0 aliphatic heterocycles. The average Bonchev–Trinajstić information content (AvgIpc) is 2.57. The molecule has 2 radical (unpaired) electrons. The molecule has 0 bridgehead atoms. The highest BCUT2D eigenvalue weighted by Gasteiger charge is 2.25. The lowest BCUT2D eigenvalue weighted by Gasteiger charge is -2.31. The van der Waals surface area contributed by atoms with E-state index in [1.807, 2.05) is 13.0 Å². The highest BCUT2D eigenvalue weighted by molar-refractivity contribution is 5.27. The zero-order valence-corrected chi connectivity index (χ0v) is 14.8. The van der Waals surface area contributed by atoms with Crippen LogP contribution in [-0.2, 0) is 0 Å². The minimum atomic E-state index is -0.0401. The molecule has 1 aromatic carbocycles. The zero-order valence-electron chi connectivity index (χ0n) is 14.8. The van der Waals surface area contributed by atoms with Crippen molar-refractivity contribution < 1.29 is 4.39 Å². The van der Waals surface area contributed by atoms with Crippen LogP contribution >= 0.6 is 0 Å². The summed E-state index contributed by atoms with van der Waals surface area (Å²) < 4.78 is 13.8. The summed E-state index contributed by atoms with van der Waals surface area (Å²) in [5.74, 6) is 4.98. The third-order valence-corrected chi connectivity index (χ3v) is 6.22. The Bertz CT molecular complexity index is 491. The summed E-state index contributed by atoms with van der Waals surface area (Å²) in [6.45, 7) is 4.16.